The Morgan fingerprint density at radius 1 is 0.944 bits per heavy atom. The number of phenols is 2. The van der Waals surface area contributed by atoms with Gasteiger partial charge in [-0.25, -0.2) is 4.79 Å². The van der Waals surface area contributed by atoms with Gasteiger partial charge in [-0.05, 0) is 36.4 Å². The molecular weight excluding hydrogens is 243 g/mol. The summed E-state index contributed by atoms with van der Waals surface area (Å²) in [7, 11) is 0. The zero-order valence-electron chi connectivity index (χ0n) is 8.83. The van der Waals surface area contributed by atoms with Crippen molar-refractivity contribution in [3.63, 3.8) is 0 Å². The Kier molecular flexibility index (Phi) is 5.22. The minimum absolute atomic E-state index is 0. The summed E-state index contributed by atoms with van der Waals surface area (Å²) in [5.74, 6) is -0.381. The third kappa shape index (κ3) is 3.50. The molecule has 0 fully saturated rings. The van der Waals surface area contributed by atoms with Gasteiger partial charge in [-0.1, -0.05) is 12.1 Å². The molecule has 0 saturated carbocycles. The Hall–Kier alpha value is -1.49. The van der Waals surface area contributed by atoms with E-state index in [4.69, 9.17) is 9.84 Å². The van der Waals surface area contributed by atoms with Gasteiger partial charge >= 0.3 is 35.5 Å². The molecule has 0 aliphatic carbocycles. The van der Waals surface area contributed by atoms with Crippen LogP contribution in [0.4, 0.5) is 0 Å². The van der Waals surface area contributed by atoms with Crippen LogP contribution in [-0.2, 0) is 0 Å². The van der Waals surface area contributed by atoms with Gasteiger partial charge in [-0.3, -0.25) is 0 Å². The van der Waals surface area contributed by atoms with E-state index in [0.717, 1.165) is 0 Å². The zero-order valence-corrected chi connectivity index (χ0v) is 8.83. The molecule has 0 radical (unpaired) electrons. The number of para-hydroxylation sites is 1. The number of aromatic hydroxyl groups is 2. The molecule has 0 amide bonds. The van der Waals surface area contributed by atoms with E-state index in [1.54, 1.807) is 12.1 Å². The molecule has 2 aromatic rings. The summed E-state index contributed by atoms with van der Waals surface area (Å²) in [5.41, 5.74) is 0.0978. The first-order valence-electron chi connectivity index (χ1n) is 4.96. The van der Waals surface area contributed by atoms with Gasteiger partial charge in [0.05, 0.1) is 0 Å². The van der Waals surface area contributed by atoms with Crippen molar-refractivity contribution in [3.8, 4) is 17.2 Å². The van der Waals surface area contributed by atoms with Crippen molar-refractivity contribution in [2.45, 2.75) is 0 Å². The molecule has 0 heterocycles. The van der Waals surface area contributed by atoms with Crippen LogP contribution in [0.15, 0.2) is 48.5 Å². The standard InChI is InChI=1S/C13H10O4.Na.H/c14-9-5-7-10(8-6-9)17-13(16)11-3-1-2-4-12(11)15;;/h1-8,14-15H;;. The van der Waals surface area contributed by atoms with Crippen LogP contribution < -0.4 is 4.74 Å². The molecule has 0 spiro atoms. The van der Waals surface area contributed by atoms with Crippen molar-refractivity contribution in [2.75, 3.05) is 0 Å². The number of benzene rings is 2. The SMILES string of the molecule is O=C(Oc1ccc(O)cc1)c1ccccc1O.[NaH]. The maximum atomic E-state index is 11.7. The second-order valence-corrected chi connectivity index (χ2v) is 3.40. The predicted octanol–water partition coefficient (Wildman–Crippen LogP) is 1.67. The predicted molar refractivity (Wildman–Crippen MR) is 68.3 cm³/mol. The molecule has 0 aliphatic heterocycles. The third-order valence-corrected chi connectivity index (χ3v) is 2.17. The molecule has 18 heavy (non-hydrogen) atoms. The topological polar surface area (TPSA) is 66.8 Å². The van der Waals surface area contributed by atoms with Crippen molar-refractivity contribution < 1.29 is 19.7 Å². The number of ether oxygens (including phenoxy) is 1. The van der Waals surface area contributed by atoms with Crippen molar-refractivity contribution in [3.05, 3.63) is 54.1 Å². The summed E-state index contributed by atoms with van der Waals surface area (Å²) in [6.07, 6.45) is 0. The molecule has 0 unspecified atom stereocenters. The van der Waals surface area contributed by atoms with E-state index in [1.807, 2.05) is 0 Å². The Morgan fingerprint density at radius 2 is 1.56 bits per heavy atom. The van der Waals surface area contributed by atoms with Crippen LogP contribution in [0.2, 0.25) is 0 Å². The Labute approximate surface area is 126 Å². The second kappa shape index (κ2) is 6.44. The summed E-state index contributed by atoms with van der Waals surface area (Å²) >= 11 is 0. The summed E-state index contributed by atoms with van der Waals surface area (Å²) in [6.45, 7) is 0. The molecule has 0 bridgehead atoms. The number of esters is 1. The number of carbonyl (C=O) groups is 1. The summed E-state index contributed by atoms with van der Waals surface area (Å²) in [6, 6.07) is 11.9. The number of hydrogen-bond acceptors (Lipinski definition) is 4. The van der Waals surface area contributed by atoms with Crippen LogP contribution in [0.3, 0.4) is 0 Å². The molecule has 0 saturated heterocycles. The van der Waals surface area contributed by atoms with Crippen LogP contribution in [0.1, 0.15) is 10.4 Å². The van der Waals surface area contributed by atoms with Crippen molar-refractivity contribution in [2.24, 2.45) is 0 Å². The van der Waals surface area contributed by atoms with Crippen molar-refractivity contribution in [1.82, 2.24) is 0 Å². The van der Waals surface area contributed by atoms with E-state index in [-0.39, 0.29) is 46.6 Å². The molecular formula is C13H11NaO4. The van der Waals surface area contributed by atoms with Crippen LogP contribution in [0.25, 0.3) is 0 Å². The quantitative estimate of drug-likeness (QED) is 0.486. The van der Waals surface area contributed by atoms with E-state index < -0.39 is 5.97 Å². The average Bonchev–Trinajstić information content (AvgIpc) is 2.32. The number of phenolic OH excluding ortho intramolecular Hbond substituents is 2. The molecule has 0 aromatic heterocycles. The fourth-order valence-electron chi connectivity index (χ4n) is 1.32. The number of hydrogen-bond donors (Lipinski definition) is 2. The van der Waals surface area contributed by atoms with Gasteiger partial charge in [-0.2, -0.15) is 0 Å². The van der Waals surface area contributed by atoms with Crippen molar-refractivity contribution >= 4 is 35.5 Å². The van der Waals surface area contributed by atoms with Gasteiger partial charge in [0.2, 0.25) is 0 Å². The van der Waals surface area contributed by atoms with Gasteiger partial charge in [-0.15, -0.1) is 0 Å². The Bertz CT molecular complexity index is 537. The van der Waals surface area contributed by atoms with E-state index in [0.29, 0.717) is 5.75 Å². The molecule has 2 aromatic carbocycles. The van der Waals surface area contributed by atoms with E-state index in [2.05, 4.69) is 0 Å². The monoisotopic (exact) mass is 254 g/mol. The Balaban J connectivity index is 0.00000162. The normalized spacial score (nSPS) is 9.33. The van der Waals surface area contributed by atoms with Gasteiger partial charge in [0.1, 0.15) is 22.8 Å². The first kappa shape index (κ1) is 14.6. The Morgan fingerprint density at radius 3 is 2.17 bits per heavy atom. The first-order chi connectivity index (χ1) is 8.16. The minimum atomic E-state index is -0.645. The van der Waals surface area contributed by atoms with Crippen LogP contribution >= 0.6 is 0 Å². The third-order valence-electron chi connectivity index (χ3n) is 2.17. The maximum absolute atomic E-state index is 11.7. The number of carbonyl (C=O) groups excluding carboxylic acids is 1. The summed E-state index contributed by atoms with van der Waals surface area (Å²) < 4.78 is 5.03. The van der Waals surface area contributed by atoms with Gasteiger partial charge in [0.15, 0.2) is 0 Å². The van der Waals surface area contributed by atoms with Gasteiger partial charge in [0.25, 0.3) is 0 Å². The van der Waals surface area contributed by atoms with Gasteiger partial charge < -0.3 is 14.9 Å². The van der Waals surface area contributed by atoms with E-state index in [1.165, 1.54) is 36.4 Å². The molecule has 0 atom stereocenters. The van der Waals surface area contributed by atoms with Crippen LogP contribution in [-0.4, -0.2) is 45.7 Å². The summed E-state index contributed by atoms with van der Waals surface area (Å²) in [4.78, 5) is 11.7. The van der Waals surface area contributed by atoms with Crippen LogP contribution in [0.5, 0.6) is 17.2 Å². The molecule has 5 heteroatoms. The number of rotatable bonds is 2. The summed E-state index contributed by atoms with van der Waals surface area (Å²) in [5, 5.41) is 18.5. The molecule has 2 N–H and O–H groups in total. The fraction of sp³-hybridized carbons (Fsp3) is 0. The fourth-order valence-corrected chi connectivity index (χ4v) is 1.32. The average molecular weight is 254 g/mol. The molecule has 4 nitrogen and oxygen atoms in total. The molecule has 88 valence electrons. The first-order valence-corrected chi connectivity index (χ1v) is 4.96. The zero-order chi connectivity index (χ0) is 12.3. The van der Waals surface area contributed by atoms with Gasteiger partial charge in [0, 0.05) is 0 Å². The van der Waals surface area contributed by atoms with E-state index in [9.17, 15) is 9.90 Å². The van der Waals surface area contributed by atoms with Crippen molar-refractivity contribution in [1.29, 1.82) is 0 Å². The second-order valence-electron chi connectivity index (χ2n) is 3.40. The molecule has 2 rings (SSSR count). The van der Waals surface area contributed by atoms with Crippen LogP contribution in [0, 0.1) is 0 Å². The molecule has 0 aliphatic rings. The van der Waals surface area contributed by atoms with E-state index >= 15 is 0 Å².